The molecular weight excluding hydrogens is 448 g/mol. The van der Waals surface area contributed by atoms with Gasteiger partial charge in [-0.25, -0.2) is 14.3 Å². The summed E-state index contributed by atoms with van der Waals surface area (Å²) in [6.45, 7) is 1.41. The van der Waals surface area contributed by atoms with Gasteiger partial charge in [-0.3, -0.25) is 29.1 Å². The quantitative estimate of drug-likeness (QED) is 0.510. The first kappa shape index (κ1) is 22.5. The van der Waals surface area contributed by atoms with Crippen molar-refractivity contribution in [3.8, 4) is 0 Å². The first-order valence-corrected chi connectivity index (χ1v) is 11.1. The van der Waals surface area contributed by atoms with Gasteiger partial charge in [0, 0.05) is 6.20 Å². The molecule has 1 N–H and O–H groups in total. The van der Waals surface area contributed by atoms with Crippen LogP contribution >= 0.6 is 11.8 Å². The van der Waals surface area contributed by atoms with Gasteiger partial charge in [-0.05, 0) is 36.6 Å². The van der Waals surface area contributed by atoms with Crippen LogP contribution in [0.3, 0.4) is 0 Å². The van der Waals surface area contributed by atoms with Crippen LogP contribution in [0.1, 0.15) is 18.1 Å². The number of benzene rings is 1. The first-order chi connectivity index (χ1) is 15.9. The molecule has 0 saturated carbocycles. The largest absolute Gasteiger partial charge is 0.465 e. The number of aromatic nitrogens is 3. The maximum absolute atomic E-state index is 13.1. The molecule has 0 spiro atoms. The van der Waals surface area contributed by atoms with Crippen LogP contribution in [-0.4, -0.2) is 43.1 Å². The zero-order chi connectivity index (χ0) is 23.5. The van der Waals surface area contributed by atoms with E-state index in [-0.39, 0.29) is 35.3 Å². The van der Waals surface area contributed by atoms with Gasteiger partial charge in [0.1, 0.15) is 12.2 Å². The molecule has 0 bridgehead atoms. The Morgan fingerprint density at radius 3 is 2.48 bits per heavy atom. The third kappa shape index (κ3) is 4.72. The minimum atomic E-state index is -0.678. The van der Waals surface area contributed by atoms with Crippen molar-refractivity contribution in [1.82, 2.24) is 19.4 Å². The monoisotopic (exact) mass is 468 g/mol. The van der Waals surface area contributed by atoms with E-state index in [4.69, 9.17) is 4.74 Å². The van der Waals surface area contributed by atoms with Crippen molar-refractivity contribution >= 4 is 39.9 Å². The van der Waals surface area contributed by atoms with E-state index < -0.39 is 29.0 Å². The fourth-order valence-corrected chi connectivity index (χ4v) is 4.43. The van der Waals surface area contributed by atoms with Crippen LogP contribution in [0.5, 0.6) is 0 Å². The Morgan fingerprint density at radius 1 is 1.09 bits per heavy atom. The highest BCUT2D eigenvalue weighted by Crippen LogP contribution is 2.23. The van der Waals surface area contributed by atoms with E-state index >= 15 is 0 Å². The third-order valence-electron chi connectivity index (χ3n) is 5.12. The summed E-state index contributed by atoms with van der Waals surface area (Å²) in [5, 5.41) is 1.66. The molecule has 0 radical (unpaired) electrons. The molecule has 170 valence electrons. The fraction of sp³-hybridized carbons (Fsp3) is 0.273. The minimum absolute atomic E-state index is 0.118. The number of pyridine rings is 1. The van der Waals surface area contributed by atoms with Crippen molar-refractivity contribution in [3.05, 3.63) is 74.6 Å². The van der Waals surface area contributed by atoms with Gasteiger partial charge >= 0.3 is 11.7 Å². The normalized spacial score (nSPS) is 15.6. The van der Waals surface area contributed by atoms with Crippen LogP contribution < -0.4 is 16.6 Å². The van der Waals surface area contributed by atoms with Crippen LogP contribution in [0.25, 0.3) is 11.0 Å². The zero-order valence-electron chi connectivity index (χ0n) is 17.6. The molecule has 2 aromatic heterocycles. The van der Waals surface area contributed by atoms with E-state index in [2.05, 4.69) is 10.3 Å². The molecule has 11 heteroatoms. The van der Waals surface area contributed by atoms with Gasteiger partial charge in [0.25, 0.3) is 10.8 Å². The topological polar surface area (TPSA) is 129 Å². The van der Waals surface area contributed by atoms with Crippen LogP contribution in [0.4, 0.5) is 4.79 Å². The molecule has 2 amide bonds. The lowest BCUT2D eigenvalue weighted by Crippen LogP contribution is -2.42. The smallest absolute Gasteiger partial charge is 0.333 e. The number of hydrogen-bond acceptors (Lipinski definition) is 8. The summed E-state index contributed by atoms with van der Waals surface area (Å²) in [4.78, 5) is 65.2. The van der Waals surface area contributed by atoms with Gasteiger partial charge in [-0.2, -0.15) is 0 Å². The molecule has 1 saturated heterocycles. The number of carbonyl (C=O) groups excluding carboxylic acids is 3. The highest BCUT2D eigenvalue weighted by molar-refractivity contribution is 8.15. The van der Waals surface area contributed by atoms with Crippen molar-refractivity contribution < 1.29 is 19.1 Å². The lowest BCUT2D eigenvalue weighted by Gasteiger charge is -2.13. The lowest BCUT2D eigenvalue weighted by atomic mass is 10.1. The highest BCUT2D eigenvalue weighted by atomic mass is 32.2. The van der Waals surface area contributed by atoms with Crippen molar-refractivity contribution in [2.24, 2.45) is 0 Å². The third-order valence-corrected chi connectivity index (χ3v) is 6.11. The van der Waals surface area contributed by atoms with Crippen LogP contribution in [0.15, 0.2) is 52.2 Å². The SMILES string of the molecule is CCOC(=O)Cn1c(=O)c2cccnc2n(Cc2ccc(CC3SC(=O)NC3=O)cc2)c1=O. The van der Waals surface area contributed by atoms with E-state index in [1.54, 1.807) is 31.2 Å². The van der Waals surface area contributed by atoms with Gasteiger partial charge in [0.05, 0.1) is 23.8 Å². The highest BCUT2D eigenvalue weighted by Gasteiger charge is 2.31. The second kappa shape index (κ2) is 9.41. The van der Waals surface area contributed by atoms with E-state index in [0.717, 1.165) is 27.5 Å². The van der Waals surface area contributed by atoms with Crippen molar-refractivity contribution in [1.29, 1.82) is 0 Å². The average Bonchev–Trinajstić information content (AvgIpc) is 3.12. The van der Waals surface area contributed by atoms with Crippen LogP contribution in [0, 0.1) is 0 Å². The van der Waals surface area contributed by atoms with E-state index in [0.29, 0.717) is 6.42 Å². The zero-order valence-corrected chi connectivity index (χ0v) is 18.5. The molecule has 4 rings (SSSR count). The van der Waals surface area contributed by atoms with Gasteiger partial charge in [-0.15, -0.1) is 0 Å². The van der Waals surface area contributed by atoms with Crippen molar-refractivity contribution in [2.75, 3.05) is 6.61 Å². The average molecular weight is 468 g/mol. The van der Waals surface area contributed by atoms with Gasteiger partial charge < -0.3 is 4.74 Å². The number of nitrogens with zero attached hydrogens (tertiary/aromatic N) is 3. The molecule has 1 aliphatic heterocycles. The summed E-state index contributed by atoms with van der Waals surface area (Å²) in [6, 6.07) is 10.4. The van der Waals surface area contributed by atoms with E-state index in [1.165, 1.54) is 10.8 Å². The molecule has 1 aromatic carbocycles. The van der Waals surface area contributed by atoms with Crippen molar-refractivity contribution in [2.45, 2.75) is 31.7 Å². The number of amides is 2. The number of hydrogen-bond donors (Lipinski definition) is 1. The number of thioether (sulfide) groups is 1. The second-order valence-electron chi connectivity index (χ2n) is 7.34. The molecule has 10 nitrogen and oxygen atoms in total. The molecular formula is C22H20N4O6S. The number of fused-ring (bicyclic) bond motifs is 1. The summed E-state index contributed by atoms with van der Waals surface area (Å²) in [6.07, 6.45) is 1.89. The first-order valence-electron chi connectivity index (χ1n) is 10.2. The van der Waals surface area contributed by atoms with Gasteiger partial charge in [0.15, 0.2) is 0 Å². The molecule has 33 heavy (non-hydrogen) atoms. The number of carbonyl (C=O) groups is 3. The summed E-state index contributed by atoms with van der Waals surface area (Å²) in [7, 11) is 0. The molecule has 3 heterocycles. The second-order valence-corrected chi connectivity index (χ2v) is 8.52. The summed E-state index contributed by atoms with van der Waals surface area (Å²) in [5.41, 5.74) is 0.567. The van der Waals surface area contributed by atoms with Crippen LogP contribution in [-0.2, 0) is 33.8 Å². The molecule has 0 aliphatic carbocycles. The van der Waals surface area contributed by atoms with Gasteiger partial charge in [-0.1, -0.05) is 36.0 Å². The molecule has 1 atom stereocenters. The number of nitrogens with one attached hydrogen (secondary N) is 1. The summed E-state index contributed by atoms with van der Waals surface area (Å²) >= 11 is 0.966. The Labute approximate surface area is 191 Å². The molecule has 1 unspecified atom stereocenters. The molecule has 1 fully saturated rings. The number of esters is 1. The predicted octanol–water partition coefficient (Wildman–Crippen LogP) is 1.06. The lowest BCUT2D eigenvalue weighted by molar-refractivity contribution is -0.144. The Kier molecular flexibility index (Phi) is 6.40. The van der Waals surface area contributed by atoms with Crippen molar-refractivity contribution in [3.63, 3.8) is 0 Å². The summed E-state index contributed by atoms with van der Waals surface area (Å²) in [5.74, 6) is -0.981. The van der Waals surface area contributed by atoms with Gasteiger partial charge in [0.2, 0.25) is 5.91 Å². The number of ether oxygens (including phenoxy) is 1. The predicted molar refractivity (Wildman–Crippen MR) is 121 cm³/mol. The number of rotatable bonds is 7. The summed E-state index contributed by atoms with van der Waals surface area (Å²) < 4.78 is 7.08. The minimum Gasteiger partial charge on any atom is -0.465 e. The fourth-order valence-electron chi connectivity index (χ4n) is 3.57. The Morgan fingerprint density at radius 2 is 1.82 bits per heavy atom. The van der Waals surface area contributed by atoms with E-state index in [1.807, 2.05) is 12.1 Å². The number of imide groups is 1. The molecule has 3 aromatic rings. The Bertz CT molecular complexity index is 1360. The molecule has 1 aliphatic rings. The maximum atomic E-state index is 13.1. The Balaban J connectivity index is 1.65. The maximum Gasteiger partial charge on any atom is 0.333 e. The standard InChI is InChI=1S/C22H20N4O6S/c1-2-32-17(27)12-26-20(29)15-4-3-9-23-18(15)25(22(26)31)11-14-7-5-13(6-8-14)10-16-19(28)24-21(30)33-16/h3-9,16H,2,10-12H2,1H3,(H,24,28,30). The van der Waals surface area contributed by atoms with E-state index in [9.17, 15) is 24.0 Å². The Hall–Kier alpha value is -3.73. The van der Waals surface area contributed by atoms with Crippen LogP contribution in [0.2, 0.25) is 0 Å².